The first-order valence-electron chi connectivity index (χ1n) is 11.0. The van der Waals surface area contributed by atoms with E-state index in [0.29, 0.717) is 26.2 Å². The van der Waals surface area contributed by atoms with Gasteiger partial charge in [0.05, 0.1) is 10.4 Å². The highest BCUT2D eigenvalue weighted by molar-refractivity contribution is 7.13. The van der Waals surface area contributed by atoms with Gasteiger partial charge in [0.2, 0.25) is 5.95 Å². The van der Waals surface area contributed by atoms with Crippen molar-refractivity contribution in [3.8, 4) is 10.7 Å². The van der Waals surface area contributed by atoms with Crippen molar-refractivity contribution in [3.05, 3.63) is 77.2 Å². The molecule has 0 unspecified atom stereocenters. The molecule has 3 aromatic heterocycles. The molecule has 0 atom stereocenters. The number of piperazine rings is 1. The smallest absolute Gasteiger partial charge is 0.253 e. The highest BCUT2D eigenvalue weighted by Gasteiger charge is 2.26. The lowest BCUT2D eigenvalue weighted by atomic mass is 10.1. The highest BCUT2D eigenvalue weighted by atomic mass is 32.1. The number of hydrogen-bond acceptors (Lipinski definition) is 6. The number of aromatic nitrogens is 4. The fraction of sp³-hybridized carbons (Fsp3) is 0.200. The lowest BCUT2D eigenvalue weighted by Crippen LogP contribution is -2.49. The maximum Gasteiger partial charge on any atom is 0.253 e. The van der Waals surface area contributed by atoms with E-state index in [2.05, 4.69) is 25.6 Å². The van der Waals surface area contributed by atoms with Gasteiger partial charge in [0.1, 0.15) is 0 Å². The minimum atomic E-state index is 0.0786. The molecule has 164 valence electrons. The van der Waals surface area contributed by atoms with E-state index in [1.807, 2.05) is 71.8 Å². The van der Waals surface area contributed by atoms with Gasteiger partial charge in [-0.3, -0.25) is 4.79 Å². The number of nitrogens with zero attached hydrogens (tertiary/aromatic N) is 6. The van der Waals surface area contributed by atoms with E-state index in [9.17, 15) is 4.79 Å². The Labute approximate surface area is 194 Å². The van der Waals surface area contributed by atoms with Crippen LogP contribution in [0.2, 0.25) is 0 Å². The number of thiophene rings is 1. The van der Waals surface area contributed by atoms with Gasteiger partial charge >= 0.3 is 0 Å². The number of carbonyl (C=O) groups is 1. The average Bonchev–Trinajstić information content (AvgIpc) is 3.54. The summed E-state index contributed by atoms with van der Waals surface area (Å²) in [5, 5.41) is 12.1. The third-order valence-electron chi connectivity index (χ3n) is 6.12. The molecule has 2 aromatic carbocycles. The topological polar surface area (TPSA) is 66.6 Å². The molecule has 0 bridgehead atoms. The highest BCUT2D eigenvalue weighted by Crippen LogP contribution is 2.30. The second-order valence-electron chi connectivity index (χ2n) is 8.23. The van der Waals surface area contributed by atoms with Gasteiger partial charge in [-0.2, -0.15) is 0 Å². The Bertz CT molecular complexity index is 1450. The van der Waals surface area contributed by atoms with Crippen LogP contribution in [0.3, 0.4) is 0 Å². The number of hydrogen-bond donors (Lipinski definition) is 0. The summed E-state index contributed by atoms with van der Waals surface area (Å²) in [6, 6.07) is 19.9. The van der Waals surface area contributed by atoms with Crippen molar-refractivity contribution in [2.75, 3.05) is 31.1 Å². The number of amides is 1. The molecule has 1 fully saturated rings. The molecule has 33 heavy (non-hydrogen) atoms. The van der Waals surface area contributed by atoms with Crippen LogP contribution >= 0.6 is 11.3 Å². The Morgan fingerprint density at radius 1 is 0.909 bits per heavy atom. The quantitative estimate of drug-likeness (QED) is 0.407. The standard InChI is InChI=1S/C25H22N6OS/c1-17-8-10-18(11-9-17)24(32)29-12-14-30(15-13-29)25-26-20-6-3-2-5-19(20)22-27-28-23(31(22)25)21-7-4-16-33-21/h2-11,16H,12-15H2,1H3. The van der Waals surface area contributed by atoms with E-state index in [-0.39, 0.29) is 5.91 Å². The lowest BCUT2D eigenvalue weighted by molar-refractivity contribution is 0.0746. The first kappa shape index (κ1) is 19.9. The molecule has 0 aliphatic carbocycles. The maximum atomic E-state index is 13.0. The molecule has 0 saturated carbocycles. The maximum absolute atomic E-state index is 13.0. The first-order chi connectivity index (χ1) is 16.2. The molecule has 0 radical (unpaired) electrons. The van der Waals surface area contributed by atoms with Gasteiger partial charge in [-0.1, -0.05) is 35.9 Å². The Kier molecular flexibility index (Phi) is 4.80. The molecule has 8 heteroatoms. The molecule has 6 rings (SSSR count). The average molecular weight is 455 g/mol. The number of fused-ring (bicyclic) bond motifs is 3. The number of aryl methyl sites for hydroxylation is 1. The van der Waals surface area contributed by atoms with Crippen LogP contribution in [0.4, 0.5) is 5.95 Å². The zero-order valence-corrected chi connectivity index (χ0v) is 19.0. The molecule has 7 nitrogen and oxygen atoms in total. The van der Waals surface area contributed by atoms with Crippen molar-refractivity contribution in [2.24, 2.45) is 0 Å². The van der Waals surface area contributed by atoms with Gasteiger partial charge in [-0.25, -0.2) is 9.38 Å². The third kappa shape index (κ3) is 3.43. The monoisotopic (exact) mass is 454 g/mol. The molecular weight excluding hydrogens is 432 g/mol. The van der Waals surface area contributed by atoms with E-state index in [0.717, 1.165) is 44.3 Å². The van der Waals surface area contributed by atoms with Crippen molar-refractivity contribution >= 4 is 39.7 Å². The normalized spacial score (nSPS) is 14.3. The van der Waals surface area contributed by atoms with Gasteiger partial charge in [0.25, 0.3) is 5.91 Å². The second-order valence-corrected chi connectivity index (χ2v) is 9.18. The number of carbonyl (C=O) groups excluding carboxylic acids is 1. The summed E-state index contributed by atoms with van der Waals surface area (Å²) >= 11 is 1.64. The fourth-order valence-electron chi connectivity index (χ4n) is 4.33. The summed E-state index contributed by atoms with van der Waals surface area (Å²) in [5.74, 6) is 1.70. The summed E-state index contributed by atoms with van der Waals surface area (Å²) in [4.78, 5) is 23.2. The Hall–Kier alpha value is -3.78. The van der Waals surface area contributed by atoms with Crippen LogP contribution in [0.15, 0.2) is 66.0 Å². The van der Waals surface area contributed by atoms with Crippen LogP contribution in [0.25, 0.3) is 27.3 Å². The first-order valence-corrected chi connectivity index (χ1v) is 11.9. The van der Waals surface area contributed by atoms with Crippen molar-refractivity contribution in [3.63, 3.8) is 0 Å². The zero-order chi connectivity index (χ0) is 22.4. The fourth-order valence-corrected chi connectivity index (χ4v) is 5.03. The van der Waals surface area contributed by atoms with Crippen LogP contribution in [-0.4, -0.2) is 56.6 Å². The van der Waals surface area contributed by atoms with Crippen LogP contribution in [0, 0.1) is 6.92 Å². The predicted octanol–water partition coefficient (Wildman–Crippen LogP) is 4.28. The van der Waals surface area contributed by atoms with Crippen molar-refractivity contribution in [2.45, 2.75) is 6.92 Å². The predicted molar refractivity (Wildman–Crippen MR) is 131 cm³/mol. The lowest BCUT2D eigenvalue weighted by Gasteiger charge is -2.35. The number of rotatable bonds is 3. The second kappa shape index (κ2) is 7.97. The van der Waals surface area contributed by atoms with Gasteiger partial charge in [-0.05, 0) is 42.6 Å². The van der Waals surface area contributed by atoms with Crippen LogP contribution < -0.4 is 4.90 Å². The molecule has 0 spiro atoms. The van der Waals surface area contributed by atoms with Crippen molar-refractivity contribution < 1.29 is 4.79 Å². The molecule has 1 aliphatic rings. The van der Waals surface area contributed by atoms with Crippen molar-refractivity contribution in [1.29, 1.82) is 0 Å². The summed E-state index contributed by atoms with van der Waals surface area (Å²) in [6.07, 6.45) is 0. The van der Waals surface area contributed by atoms with E-state index < -0.39 is 0 Å². The third-order valence-corrected chi connectivity index (χ3v) is 6.98. The molecule has 1 saturated heterocycles. The van der Waals surface area contributed by atoms with E-state index in [1.165, 1.54) is 0 Å². The van der Waals surface area contributed by atoms with Crippen LogP contribution in [0.1, 0.15) is 15.9 Å². The van der Waals surface area contributed by atoms with Gasteiger partial charge in [0.15, 0.2) is 11.5 Å². The molecule has 1 aliphatic heterocycles. The minimum Gasteiger partial charge on any atom is -0.338 e. The summed E-state index contributed by atoms with van der Waals surface area (Å²) in [5.41, 5.74) is 3.58. The molecule has 4 heterocycles. The van der Waals surface area contributed by atoms with Gasteiger partial charge in [-0.15, -0.1) is 21.5 Å². The van der Waals surface area contributed by atoms with Crippen LogP contribution in [-0.2, 0) is 0 Å². The molecule has 5 aromatic rings. The van der Waals surface area contributed by atoms with Gasteiger partial charge in [0, 0.05) is 37.1 Å². The number of benzene rings is 2. The minimum absolute atomic E-state index is 0.0786. The summed E-state index contributed by atoms with van der Waals surface area (Å²) in [6.45, 7) is 4.69. The Balaban J connectivity index is 1.36. The SMILES string of the molecule is Cc1ccc(C(=O)N2CCN(c3nc4ccccc4c4nnc(-c5cccs5)n34)CC2)cc1. The van der Waals surface area contributed by atoms with E-state index in [1.54, 1.807) is 11.3 Å². The number of para-hydroxylation sites is 1. The molecular formula is C25H22N6OS. The summed E-state index contributed by atoms with van der Waals surface area (Å²) in [7, 11) is 0. The van der Waals surface area contributed by atoms with E-state index in [4.69, 9.17) is 4.98 Å². The van der Waals surface area contributed by atoms with Crippen molar-refractivity contribution in [1.82, 2.24) is 24.5 Å². The number of anilines is 1. The molecule has 1 amide bonds. The summed E-state index contributed by atoms with van der Waals surface area (Å²) < 4.78 is 2.06. The Morgan fingerprint density at radius 2 is 1.70 bits per heavy atom. The van der Waals surface area contributed by atoms with Gasteiger partial charge < -0.3 is 9.80 Å². The van der Waals surface area contributed by atoms with E-state index >= 15 is 0 Å². The van der Waals surface area contributed by atoms with Crippen LogP contribution in [0.5, 0.6) is 0 Å². The largest absolute Gasteiger partial charge is 0.338 e. The molecule has 0 N–H and O–H groups in total. The zero-order valence-electron chi connectivity index (χ0n) is 18.2. The Morgan fingerprint density at radius 3 is 2.45 bits per heavy atom.